The number of H-pyrrole nitrogens is 1. The zero-order valence-electron chi connectivity index (χ0n) is 12.4. The highest BCUT2D eigenvalue weighted by Crippen LogP contribution is 2.13. The number of benzene rings is 1. The van der Waals surface area contributed by atoms with Gasteiger partial charge in [0.05, 0.1) is 11.2 Å². The molecule has 0 unspecified atom stereocenters. The third-order valence-electron chi connectivity index (χ3n) is 3.32. The van der Waals surface area contributed by atoms with E-state index in [4.69, 9.17) is 0 Å². The predicted molar refractivity (Wildman–Crippen MR) is 88.9 cm³/mol. The van der Waals surface area contributed by atoms with Gasteiger partial charge in [-0.25, -0.2) is 9.97 Å². The van der Waals surface area contributed by atoms with Crippen LogP contribution < -0.4 is 10.9 Å². The minimum absolute atomic E-state index is 0.0199. The lowest BCUT2D eigenvalue weighted by molar-refractivity contribution is 0.0961. The fourth-order valence-corrected chi connectivity index (χ4v) is 2.13. The molecule has 0 aliphatic heterocycles. The summed E-state index contributed by atoms with van der Waals surface area (Å²) in [4.78, 5) is 34.4. The van der Waals surface area contributed by atoms with E-state index in [0.717, 1.165) is 16.6 Å². The summed E-state index contributed by atoms with van der Waals surface area (Å²) < 4.78 is 0. The van der Waals surface area contributed by atoms with E-state index in [0.29, 0.717) is 5.82 Å². The van der Waals surface area contributed by atoms with Crippen molar-refractivity contribution in [3.8, 4) is 0 Å². The van der Waals surface area contributed by atoms with E-state index < -0.39 is 11.5 Å². The quantitative estimate of drug-likeness (QED) is 0.773. The smallest absolute Gasteiger partial charge is 0.263 e. The number of carbonyl (C=O) groups is 1. The molecule has 23 heavy (non-hydrogen) atoms. The Morgan fingerprint density at radius 3 is 2.78 bits per heavy atom. The van der Waals surface area contributed by atoms with Crippen LogP contribution in [0.3, 0.4) is 0 Å². The molecule has 3 rings (SSSR count). The van der Waals surface area contributed by atoms with Crippen LogP contribution in [0.2, 0.25) is 0 Å². The third-order valence-corrected chi connectivity index (χ3v) is 3.32. The second kappa shape index (κ2) is 6.23. The Bertz CT molecular complexity index is 960. The summed E-state index contributed by atoms with van der Waals surface area (Å²) in [5, 5.41) is 3.45. The number of hydrogen-bond acceptors (Lipinski definition) is 4. The minimum atomic E-state index is -0.481. The molecule has 0 aliphatic carbocycles. The number of nitrogens with one attached hydrogen (secondary N) is 2. The van der Waals surface area contributed by atoms with Crippen molar-refractivity contribution in [2.75, 3.05) is 7.05 Å². The van der Waals surface area contributed by atoms with Gasteiger partial charge in [0.25, 0.3) is 11.5 Å². The minimum Gasteiger partial charge on any atom is -0.355 e. The van der Waals surface area contributed by atoms with Crippen LogP contribution in [-0.4, -0.2) is 27.9 Å². The molecule has 114 valence electrons. The summed E-state index contributed by atoms with van der Waals surface area (Å²) in [7, 11) is 1.46. The number of pyridine rings is 1. The van der Waals surface area contributed by atoms with Gasteiger partial charge in [-0.2, -0.15) is 0 Å². The summed E-state index contributed by atoms with van der Waals surface area (Å²) >= 11 is 0. The van der Waals surface area contributed by atoms with Gasteiger partial charge in [0.2, 0.25) is 0 Å². The summed E-state index contributed by atoms with van der Waals surface area (Å²) in [6.07, 6.45) is 4.65. The molecule has 0 atom stereocenters. The first kappa shape index (κ1) is 14.6. The van der Waals surface area contributed by atoms with E-state index in [1.807, 2.05) is 36.4 Å². The van der Waals surface area contributed by atoms with Crippen molar-refractivity contribution < 1.29 is 4.79 Å². The number of rotatable bonds is 3. The molecule has 0 fully saturated rings. The number of carbonyl (C=O) groups excluding carboxylic acids is 1. The average molecular weight is 306 g/mol. The highest BCUT2D eigenvalue weighted by molar-refractivity contribution is 5.93. The van der Waals surface area contributed by atoms with E-state index in [1.54, 1.807) is 12.2 Å². The van der Waals surface area contributed by atoms with E-state index in [1.165, 1.54) is 13.2 Å². The first-order chi connectivity index (χ1) is 11.2. The van der Waals surface area contributed by atoms with Crippen molar-refractivity contribution in [2.24, 2.45) is 0 Å². The molecule has 2 heterocycles. The number of nitrogens with zero attached hydrogens (tertiary/aromatic N) is 2. The lowest BCUT2D eigenvalue weighted by atomic mass is 10.2. The van der Waals surface area contributed by atoms with Crippen LogP contribution >= 0.6 is 0 Å². The lowest BCUT2D eigenvalue weighted by Gasteiger charge is -2.00. The normalized spacial score (nSPS) is 11.0. The van der Waals surface area contributed by atoms with Crippen molar-refractivity contribution in [3.63, 3.8) is 0 Å². The Kier molecular flexibility index (Phi) is 3.97. The maximum Gasteiger partial charge on any atom is 0.263 e. The molecule has 6 nitrogen and oxygen atoms in total. The maximum absolute atomic E-state index is 11.8. The van der Waals surface area contributed by atoms with Crippen molar-refractivity contribution in [3.05, 3.63) is 70.0 Å². The first-order valence-corrected chi connectivity index (χ1v) is 7.02. The lowest BCUT2D eigenvalue weighted by Crippen LogP contribution is -2.27. The summed E-state index contributed by atoms with van der Waals surface area (Å²) in [5.41, 5.74) is 1.15. The van der Waals surface area contributed by atoms with E-state index in [9.17, 15) is 9.59 Å². The molecule has 1 aromatic carbocycles. The second-order valence-corrected chi connectivity index (χ2v) is 4.85. The Balaban J connectivity index is 1.88. The maximum atomic E-state index is 11.8. The highest BCUT2D eigenvalue weighted by atomic mass is 16.2. The number of para-hydroxylation sites is 1. The molecule has 3 aromatic rings. The zero-order valence-corrected chi connectivity index (χ0v) is 12.4. The molecular weight excluding hydrogens is 292 g/mol. The van der Waals surface area contributed by atoms with Crippen LogP contribution in [-0.2, 0) is 0 Å². The van der Waals surface area contributed by atoms with Crippen LogP contribution in [0.1, 0.15) is 21.9 Å². The molecule has 0 saturated carbocycles. The SMILES string of the molecule is CNC(=O)c1cnc(C=Cc2ccc3ccccc3n2)[nH]c1=O. The van der Waals surface area contributed by atoms with Crippen molar-refractivity contribution >= 4 is 29.0 Å². The fourth-order valence-electron chi connectivity index (χ4n) is 2.13. The van der Waals surface area contributed by atoms with Gasteiger partial charge in [0.1, 0.15) is 11.4 Å². The summed E-state index contributed by atoms with van der Waals surface area (Å²) in [6.45, 7) is 0. The number of hydrogen-bond donors (Lipinski definition) is 2. The van der Waals surface area contributed by atoms with Crippen molar-refractivity contribution in [1.82, 2.24) is 20.3 Å². The van der Waals surface area contributed by atoms with Gasteiger partial charge >= 0.3 is 0 Å². The van der Waals surface area contributed by atoms with Crippen LogP contribution in [0.5, 0.6) is 0 Å². The summed E-state index contributed by atoms with van der Waals surface area (Å²) in [5.74, 6) is -0.108. The average Bonchev–Trinajstić information content (AvgIpc) is 2.59. The van der Waals surface area contributed by atoms with Gasteiger partial charge in [0, 0.05) is 18.6 Å². The number of fused-ring (bicyclic) bond motifs is 1. The second-order valence-electron chi connectivity index (χ2n) is 4.85. The van der Waals surface area contributed by atoms with Crippen LogP contribution in [0.15, 0.2) is 47.4 Å². The van der Waals surface area contributed by atoms with Crippen LogP contribution in [0.4, 0.5) is 0 Å². The predicted octanol–water partition coefficient (Wildman–Crippen LogP) is 1.85. The molecule has 0 bridgehead atoms. The Morgan fingerprint density at radius 2 is 2.00 bits per heavy atom. The van der Waals surface area contributed by atoms with Gasteiger partial charge in [0.15, 0.2) is 0 Å². The molecular formula is C17H14N4O2. The Labute approximate surface area is 131 Å². The first-order valence-electron chi connectivity index (χ1n) is 7.02. The van der Waals surface area contributed by atoms with E-state index >= 15 is 0 Å². The van der Waals surface area contributed by atoms with Gasteiger partial charge in [-0.1, -0.05) is 24.3 Å². The number of aromatic amines is 1. The number of amides is 1. The van der Waals surface area contributed by atoms with Crippen molar-refractivity contribution in [1.29, 1.82) is 0 Å². The topological polar surface area (TPSA) is 87.7 Å². The van der Waals surface area contributed by atoms with E-state index in [-0.39, 0.29) is 5.56 Å². The number of aromatic nitrogens is 3. The van der Waals surface area contributed by atoms with Gasteiger partial charge < -0.3 is 10.3 Å². The van der Waals surface area contributed by atoms with Gasteiger partial charge in [-0.3, -0.25) is 9.59 Å². The van der Waals surface area contributed by atoms with Gasteiger partial charge in [-0.05, 0) is 24.3 Å². The summed E-state index contributed by atoms with van der Waals surface area (Å²) in [6, 6.07) is 11.7. The zero-order chi connectivity index (χ0) is 16.2. The highest BCUT2D eigenvalue weighted by Gasteiger charge is 2.08. The largest absolute Gasteiger partial charge is 0.355 e. The molecule has 2 N–H and O–H groups in total. The van der Waals surface area contributed by atoms with E-state index in [2.05, 4.69) is 20.3 Å². The molecule has 0 saturated heterocycles. The molecule has 1 amide bonds. The molecule has 2 aromatic heterocycles. The standard InChI is InChI=1S/C17H14N4O2/c1-18-16(22)13-10-19-15(21-17(13)23)9-8-12-7-6-11-4-2-3-5-14(11)20-12/h2-10H,1H3,(H,18,22)(H,19,21,23). The monoisotopic (exact) mass is 306 g/mol. The van der Waals surface area contributed by atoms with Crippen LogP contribution in [0.25, 0.3) is 23.1 Å². The van der Waals surface area contributed by atoms with Crippen molar-refractivity contribution in [2.45, 2.75) is 0 Å². The van der Waals surface area contributed by atoms with Crippen LogP contribution in [0, 0.1) is 0 Å². The fraction of sp³-hybridized carbons (Fsp3) is 0.0588. The Hall–Kier alpha value is -3.28. The third kappa shape index (κ3) is 3.16. The molecule has 0 spiro atoms. The Morgan fingerprint density at radius 1 is 1.17 bits per heavy atom. The molecule has 0 radical (unpaired) electrons. The molecule has 6 heteroatoms. The molecule has 0 aliphatic rings. The van der Waals surface area contributed by atoms with Gasteiger partial charge in [-0.15, -0.1) is 0 Å².